The number of benzene rings is 2. The number of ether oxygens (including phenoxy) is 1. The van der Waals surface area contributed by atoms with Crippen molar-refractivity contribution in [1.29, 1.82) is 0 Å². The summed E-state index contributed by atoms with van der Waals surface area (Å²) < 4.78 is 34.1. The maximum Gasteiger partial charge on any atom is 0.270 e. The fraction of sp³-hybridized carbons (Fsp3) is 0.379. The molecule has 3 atom stereocenters. The number of anilines is 1. The van der Waals surface area contributed by atoms with E-state index in [2.05, 4.69) is 10.3 Å². The number of hydrogen-bond acceptors (Lipinski definition) is 5. The molecule has 10 nitrogen and oxygen atoms in total. The number of aromatic nitrogens is 1. The number of amides is 4. The van der Waals surface area contributed by atoms with Gasteiger partial charge in [0.15, 0.2) is 5.60 Å². The maximum atomic E-state index is 14.3. The Balaban J connectivity index is 1.44. The predicted molar refractivity (Wildman–Crippen MR) is 145 cm³/mol. The van der Waals surface area contributed by atoms with E-state index in [1.54, 1.807) is 12.1 Å². The molecule has 216 valence electrons. The van der Waals surface area contributed by atoms with Crippen LogP contribution in [0, 0.1) is 17.6 Å². The van der Waals surface area contributed by atoms with Crippen molar-refractivity contribution in [3.8, 4) is 0 Å². The van der Waals surface area contributed by atoms with Gasteiger partial charge in [0.2, 0.25) is 11.8 Å². The molecule has 1 saturated heterocycles. The topological polar surface area (TPSA) is 138 Å². The van der Waals surface area contributed by atoms with Crippen LogP contribution < -0.4 is 11.1 Å². The molecule has 1 unspecified atom stereocenters. The molecular formula is C29H31F2N5O5. The largest absolute Gasteiger partial charge is 0.368 e. The minimum absolute atomic E-state index is 0.0303. The number of likely N-dealkylation sites (tertiary alicyclic amines) is 1. The van der Waals surface area contributed by atoms with Crippen molar-refractivity contribution in [3.05, 3.63) is 65.4 Å². The Hall–Kier alpha value is -4.32. The minimum atomic E-state index is -1.53. The van der Waals surface area contributed by atoms with Crippen LogP contribution in [0.25, 0.3) is 10.9 Å². The number of carbonyl (C=O) groups excluding carboxylic acids is 4. The highest BCUT2D eigenvalue weighted by Crippen LogP contribution is 2.37. The molecule has 0 aliphatic carbocycles. The molecule has 5 rings (SSSR count). The summed E-state index contributed by atoms with van der Waals surface area (Å²) in [6, 6.07) is 7.97. The van der Waals surface area contributed by atoms with Gasteiger partial charge in [-0.15, -0.1) is 0 Å². The first-order chi connectivity index (χ1) is 19.4. The number of carbonyl (C=O) groups is 4. The Morgan fingerprint density at radius 1 is 1.20 bits per heavy atom. The number of aromatic amines is 1. The normalized spacial score (nSPS) is 21.1. The predicted octanol–water partition coefficient (Wildman–Crippen LogP) is 2.93. The maximum absolute atomic E-state index is 14.3. The van der Waals surface area contributed by atoms with Crippen LogP contribution in [0.5, 0.6) is 0 Å². The van der Waals surface area contributed by atoms with Crippen LogP contribution in [-0.2, 0) is 25.7 Å². The lowest BCUT2D eigenvalue weighted by Crippen LogP contribution is -2.54. The summed E-state index contributed by atoms with van der Waals surface area (Å²) in [5.41, 5.74) is 5.56. The summed E-state index contributed by atoms with van der Waals surface area (Å²) in [6.45, 7) is 3.58. The molecule has 4 amide bonds. The van der Waals surface area contributed by atoms with Gasteiger partial charge in [0.1, 0.15) is 29.4 Å². The number of halogens is 2. The Kier molecular flexibility index (Phi) is 7.28. The smallest absolute Gasteiger partial charge is 0.270 e. The zero-order valence-electron chi connectivity index (χ0n) is 22.9. The number of primary amides is 1. The Morgan fingerprint density at radius 3 is 2.63 bits per heavy atom. The number of nitrogens with one attached hydrogen (secondary N) is 2. The van der Waals surface area contributed by atoms with E-state index in [0.717, 1.165) is 17.7 Å². The number of likely N-dealkylation sites (N-methyl/N-ethyl adjacent to an activating group) is 1. The van der Waals surface area contributed by atoms with E-state index in [9.17, 15) is 28.0 Å². The average molecular weight is 568 g/mol. The van der Waals surface area contributed by atoms with Crippen LogP contribution in [0.15, 0.2) is 42.5 Å². The van der Waals surface area contributed by atoms with Crippen LogP contribution in [0.2, 0.25) is 0 Å². The van der Waals surface area contributed by atoms with Crippen LogP contribution in [-0.4, -0.2) is 69.7 Å². The Bertz CT molecular complexity index is 1560. The summed E-state index contributed by atoms with van der Waals surface area (Å²) in [5.74, 6) is -4.21. The van der Waals surface area contributed by atoms with Crippen molar-refractivity contribution in [3.63, 3.8) is 0 Å². The van der Waals surface area contributed by atoms with Crippen molar-refractivity contribution in [2.24, 2.45) is 11.7 Å². The zero-order valence-corrected chi connectivity index (χ0v) is 22.9. The van der Waals surface area contributed by atoms with E-state index in [0.29, 0.717) is 5.69 Å². The summed E-state index contributed by atoms with van der Waals surface area (Å²) in [6.07, 6.45) is 0.0740. The van der Waals surface area contributed by atoms with Gasteiger partial charge in [-0.1, -0.05) is 32.0 Å². The fourth-order valence-electron chi connectivity index (χ4n) is 5.58. The molecule has 3 heterocycles. The SMILES string of the molecule is CC(C)C[C@@H](C(=O)N1CC2(C[C@H]1C(N)=O)OCc1ccccc1NC2=O)N(C)C(=O)c1cc2c(F)cc(F)cc2[nH]1. The molecule has 0 saturated carbocycles. The standard InChI is InChI=1S/C29H31F2N5O5/c1-15(2)8-23(35(3)26(38)22-11-18-19(31)9-17(30)10-21(18)33-22)27(39)36-14-29(12-24(36)25(32)37)28(40)34-20-7-5-4-6-16(20)13-41-29/h4-7,9-11,15,23-24,33H,8,12-14H2,1-3H3,(H2,32,37)(H,34,40)/t23-,24-,29?/m0/s1. The first kappa shape index (κ1) is 28.2. The second-order valence-electron chi connectivity index (χ2n) is 11.1. The van der Waals surface area contributed by atoms with Gasteiger partial charge in [0, 0.05) is 36.2 Å². The highest BCUT2D eigenvalue weighted by Gasteiger charge is 2.55. The Labute approximate surface area is 234 Å². The summed E-state index contributed by atoms with van der Waals surface area (Å²) in [4.78, 5) is 58.7. The minimum Gasteiger partial charge on any atom is -0.368 e. The van der Waals surface area contributed by atoms with Gasteiger partial charge in [0.25, 0.3) is 11.8 Å². The lowest BCUT2D eigenvalue weighted by molar-refractivity contribution is -0.145. The lowest BCUT2D eigenvalue weighted by Gasteiger charge is -2.34. The van der Waals surface area contributed by atoms with Gasteiger partial charge in [-0.3, -0.25) is 19.2 Å². The number of nitrogens with two attached hydrogens (primary N) is 1. The third-order valence-corrected chi connectivity index (χ3v) is 7.77. The molecule has 1 fully saturated rings. The third-order valence-electron chi connectivity index (χ3n) is 7.77. The Morgan fingerprint density at radius 2 is 1.93 bits per heavy atom. The molecule has 2 aliphatic rings. The van der Waals surface area contributed by atoms with E-state index in [4.69, 9.17) is 10.5 Å². The second-order valence-corrected chi connectivity index (χ2v) is 11.1. The average Bonchev–Trinajstić information content (AvgIpc) is 3.50. The van der Waals surface area contributed by atoms with Gasteiger partial charge in [0.05, 0.1) is 18.7 Å². The van der Waals surface area contributed by atoms with Crippen molar-refractivity contribution < 1.29 is 32.7 Å². The molecule has 2 aliphatic heterocycles. The summed E-state index contributed by atoms with van der Waals surface area (Å²) in [7, 11) is 1.42. The van der Waals surface area contributed by atoms with E-state index < -0.39 is 52.9 Å². The molecule has 1 spiro atoms. The second kappa shape index (κ2) is 10.6. The molecule has 12 heteroatoms. The van der Waals surface area contributed by atoms with Gasteiger partial charge >= 0.3 is 0 Å². The van der Waals surface area contributed by atoms with E-state index >= 15 is 0 Å². The van der Waals surface area contributed by atoms with Crippen molar-refractivity contribution in [1.82, 2.24) is 14.8 Å². The number of fused-ring (bicyclic) bond motifs is 2. The van der Waals surface area contributed by atoms with Crippen LogP contribution in [0.3, 0.4) is 0 Å². The number of nitrogens with zero attached hydrogens (tertiary/aromatic N) is 2. The number of hydrogen-bond donors (Lipinski definition) is 3. The molecule has 4 N–H and O–H groups in total. The fourth-order valence-corrected chi connectivity index (χ4v) is 5.58. The highest BCUT2D eigenvalue weighted by molar-refractivity contribution is 6.03. The van der Waals surface area contributed by atoms with Crippen LogP contribution >= 0.6 is 0 Å². The molecular weight excluding hydrogens is 536 g/mol. The first-order valence-corrected chi connectivity index (χ1v) is 13.3. The van der Waals surface area contributed by atoms with Crippen LogP contribution in [0.1, 0.15) is 42.7 Å². The molecule has 3 aromatic rings. The molecule has 2 aromatic carbocycles. The highest BCUT2D eigenvalue weighted by atomic mass is 19.1. The van der Waals surface area contributed by atoms with Crippen molar-refractivity contribution in [2.75, 3.05) is 18.9 Å². The number of para-hydroxylation sites is 1. The zero-order chi connectivity index (χ0) is 29.6. The van der Waals surface area contributed by atoms with E-state index in [1.165, 1.54) is 22.9 Å². The lowest BCUT2D eigenvalue weighted by atomic mass is 9.98. The van der Waals surface area contributed by atoms with Gasteiger partial charge < -0.3 is 30.6 Å². The first-order valence-electron chi connectivity index (χ1n) is 13.3. The molecule has 1 aromatic heterocycles. The number of rotatable bonds is 6. The van der Waals surface area contributed by atoms with E-state index in [-0.39, 0.29) is 48.5 Å². The van der Waals surface area contributed by atoms with Gasteiger partial charge in [-0.2, -0.15) is 0 Å². The molecule has 41 heavy (non-hydrogen) atoms. The molecule has 0 radical (unpaired) electrons. The number of H-pyrrole nitrogens is 1. The summed E-state index contributed by atoms with van der Waals surface area (Å²) in [5, 5.41) is 2.87. The quantitative estimate of drug-likeness (QED) is 0.421. The summed E-state index contributed by atoms with van der Waals surface area (Å²) >= 11 is 0. The molecule has 0 bridgehead atoms. The van der Waals surface area contributed by atoms with Gasteiger partial charge in [-0.05, 0) is 30.5 Å². The van der Waals surface area contributed by atoms with Crippen LogP contribution in [0.4, 0.5) is 14.5 Å². The van der Waals surface area contributed by atoms with Crippen molar-refractivity contribution >= 4 is 40.2 Å². The van der Waals surface area contributed by atoms with E-state index in [1.807, 2.05) is 26.0 Å². The monoisotopic (exact) mass is 567 g/mol. The van der Waals surface area contributed by atoms with Gasteiger partial charge in [-0.25, -0.2) is 8.78 Å². The van der Waals surface area contributed by atoms with Crippen molar-refractivity contribution in [2.45, 2.75) is 51.0 Å². The third kappa shape index (κ3) is 5.15.